The van der Waals surface area contributed by atoms with Crippen molar-refractivity contribution in [2.45, 2.75) is 31.3 Å². The molecule has 0 spiro atoms. The molecule has 0 amide bonds. The highest BCUT2D eigenvalue weighted by Crippen LogP contribution is 2.42. The zero-order chi connectivity index (χ0) is 6.15. The van der Waals surface area contributed by atoms with Crippen LogP contribution in [-0.2, 0) is 0 Å². The van der Waals surface area contributed by atoms with E-state index in [1.807, 2.05) is 11.8 Å². The summed E-state index contributed by atoms with van der Waals surface area (Å²) in [6.45, 7) is 6.59. The lowest BCUT2D eigenvalue weighted by atomic mass is 10.2. The van der Waals surface area contributed by atoms with Crippen molar-refractivity contribution in [1.82, 2.24) is 0 Å². The van der Waals surface area contributed by atoms with Gasteiger partial charge in [0.25, 0.3) is 0 Å². The number of hydrogen-bond donors (Lipinski definition) is 0. The molecule has 1 aliphatic rings. The summed E-state index contributed by atoms with van der Waals surface area (Å²) in [5.41, 5.74) is 1.45. The number of allylic oxidation sites excluding steroid dienone is 1. The predicted molar refractivity (Wildman–Crippen MR) is 40.3 cm³/mol. The second-order valence-corrected chi connectivity index (χ2v) is 4.11. The van der Waals surface area contributed by atoms with E-state index < -0.39 is 0 Å². The van der Waals surface area contributed by atoms with Gasteiger partial charge in [0, 0.05) is 10.5 Å². The standard InChI is InChI=1S/C7H12S/c1-5(2)4-7-6(3)8-7/h4,6-7H,1-3H3. The van der Waals surface area contributed by atoms with Crippen molar-refractivity contribution in [2.75, 3.05) is 0 Å². The quantitative estimate of drug-likeness (QED) is 0.386. The molecular formula is C7H12S. The zero-order valence-corrected chi connectivity index (χ0v) is 6.46. The first-order valence-electron chi connectivity index (χ1n) is 3.00. The Kier molecular flexibility index (Phi) is 1.66. The lowest BCUT2D eigenvalue weighted by Crippen LogP contribution is -1.81. The van der Waals surface area contributed by atoms with E-state index in [0.717, 1.165) is 10.5 Å². The lowest BCUT2D eigenvalue weighted by Gasteiger charge is -1.83. The monoisotopic (exact) mass is 128 g/mol. The first kappa shape index (κ1) is 6.21. The largest absolute Gasteiger partial charge is 0.149 e. The summed E-state index contributed by atoms with van der Waals surface area (Å²) in [4.78, 5) is 0. The molecule has 0 bridgehead atoms. The Hall–Kier alpha value is 0.0900. The minimum Gasteiger partial charge on any atom is -0.149 e. The topological polar surface area (TPSA) is 0 Å². The second-order valence-electron chi connectivity index (χ2n) is 2.55. The first-order chi connectivity index (χ1) is 3.70. The molecule has 1 saturated heterocycles. The molecule has 1 aliphatic heterocycles. The SMILES string of the molecule is CC(C)=CC1SC1C. The number of hydrogen-bond acceptors (Lipinski definition) is 1. The van der Waals surface area contributed by atoms with Crippen molar-refractivity contribution in [3.8, 4) is 0 Å². The molecular weight excluding hydrogens is 116 g/mol. The summed E-state index contributed by atoms with van der Waals surface area (Å²) in [6.07, 6.45) is 2.34. The minimum absolute atomic E-state index is 0.847. The number of rotatable bonds is 1. The maximum absolute atomic E-state index is 2.34. The van der Waals surface area contributed by atoms with E-state index in [9.17, 15) is 0 Å². The van der Waals surface area contributed by atoms with Gasteiger partial charge < -0.3 is 0 Å². The fourth-order valence-corrected chi connectivity index (χ4v) is 1.54. The van der Waals surface area contributed by atoms with Gasteiger partial charge in [-0.25, -0.2) is 0 Å². The van der Waals surface area contributed by atoms with Crippen LogP contribution < -0.4 is 0 Å². The van der Waals surface area contributed by atoms with E-state index in [1.165, 1.54) is 5.57 Å². The van der Waals surface area contributed by atoms with E-state index in [1.54, 1.807) is 0 Å². The smallest absolute Gasteiger partial charge is 0.0349 e. The molecule has 0 N–H and O–H groups in total. The summed E-state index contributed by atoms with van der Waals surface area (Å²) >= 11 is 2.04. The Morgan fingerprint density at radius 1 is 1.50 bits per heavy atom. The van der Waals surface area contributed by atoms with E-state index >= 15 is 0 Å². The van der Waals surface area contributed by atoms with E-state index in [0.29, 0.717) is 0 Å². The van der Waals surface area contributed by atoms with E-state index in [2.05, 4.69) is 26.8 Å². The Morgan fingerprint density at radius 2 is 2.00 bits per heavy atom. The summed E-state index contributed by atoms with van der Waals surface area (Å²) in [7, 11) is 0. The van der Waals surface area contributed by atoms with Crippen LogP contribution in [0.2, 0.25) is 0 Å². The molecule has 0 aromatic carbocycles. The van der Waals surface area contributed by atoms with Gasteiger partial charge in [0.05, 0.1) is 0 Å². The van der Waals surface area contributed by atoms with Crippen LogP contribution in [0.25, 0.3) is 0 Å². The Bertz CT molecular complexity index is 112. The third kappa shape index (κ3) is 1.55. The Balaban J connectivity index is 2.32. The third-order valence-corrected chi connectivity index (χ3v) is 2.52. The Labute approximate surface area is 55.4 Å². The molecule has 1 heterocycles. The molecule has 0 aliphatic carbocycles. The fourth-order valence-electron chi connectivity index (χ4n) is 0.706. The Morgan fingerprint density at radius 3 is 2.12 bits per heavy atom. The van der Waals surface area contributed by atoms with Crippen LogP contribution in [0, 0.1) is 0 Å². The summed E-state index contributed by atoms with van der Waals surface area (Å²) in [5, 5.41) is 1.74. The molecule has 0 radical (unpaired) electrons. The van der Waals surface area contributed by atoms with Crippen LogP contribution in [0.15, 0.2) is 11.6 Å². The van der Waals surface area contributed by atoms with Gasteiger partial charge >= 0.3 is 0 Å². The van der Waals surface area contributed by atoms with Crippen molar-refractivity contribution >= 4 is 11.8 Å². The van der Waals surface area contributed by atoms with Crippen LogP contribution in [0.3, 0.4) is 0 Å². The van der Waals surface area contributed by atoms with Crippen molar-refractivity contribution in [3.05, 3.63) is 11.6 Å². The molecule has 1 fully saturated rings. The normalized spacial score (nSPS) is 34.4. The first-order valence-corrected chi connectivity index (χ1v) is 3.95. The molecule has 8 heavy (non-hydrogen) atoms. The fraction of sp³-hybridized carbons (Fsp3) is 0.714. The molecule has 0 nitrogen and oxygen atoms in total. The highest BCUT2D eigenvalue weighted by atomic mass is 32.2. The highest BCUT2D eigenvalue weighted by Gasteiger charge is 2.30. The van der Waals surface area contributed by atoms with Gasteiger partial charge in [-0.2, -0.15) is 0 Å². The molecule has 1 rings (SSSR count). The predicted octanol–water partition coefficient (Wildman–Crippen LogP) is 2.46. The maximum Gasteiger partial charge on any atom is 0.0349 e. The van der Waals surface area contributed by atoms with Gasteiger partial charge in [0.15, 0.2) is 0 Å². The van der Waals surface area contributed by atoms with Gasteiger partial charge in [-0.1, -0.05) is 18.6 Å². The van der Waals surface area contributed by atoms with Gasteiger partial charge in [0.1, 0.15) is 0 Å². The summed E-state index contributed by atoms with van der Waals surface area (Å²) < 4.78 is 0. The molecule has 0 aromatic rings. The zero-order valence-electron chi connectivity index (χ0n) is 5.64. The highest BCUT2D eigenvalue weighted by molar-refractivity contribution is 8.07. The average molecular weight is 128 g/mol. The maximum atomic E-state index is 2.34. The third-order valence-electron chi connectivity index (χ3n) is 1.26. The van der Waals surface area contributed by atoms with Crippen LogP contribution in [0.5, 0.6) is 0 Å². The second kappa shape index (κ2) is 2.14. The van der Waals surface area contributed by atoms with Gasteiger partial charge in [-0.15, -0.1) is 11.8 Å². The molecule has 0 saturated carbocycles. The lowest BCUT2D eigenvalue weighted by molar-refractivity contribution is 1.11. The van der Waals surface area contributed by atoms with Gasteiger partial charge in [-0.3, -0.25) is 0 Å². The van der Waals surface area contributed by atoms with E-state index in [4.69, 9.17) is 0 Å². The van der Waals surface area contributed by atoms with Crippen molar-refractivity contribution in [3.63, 3.8) is 0 Å². The van der Waals surface area contributed by atoms with Crippen LogP contribution >= 0.6 is 11.8 Å². The van der Waals surface area contributed by atoms with Gasteiger partial charge in [0.2, 0.25) is 0 Å². The number of thioether (sulfide) groups is 1. The average Bonchev–Trinajstić information content (AvgIpc) is 2.17. The molecule has 2 unspecified atom stereocenters. The van der Waals surface area contributed by atoms with E-state index in [-0.39, 0.29) is 0 Å². The van der Waals surface area contributed by atoms with Crippen molar-refractivity contribution < 1.29 is 0 Å². The van der Waals surface area contributed by atoms with Gasteiger partial charge in [-0.05, 0) is 13.8 Å². The van der Waals surface area contributed by atoms with Crippen LogP contribution in [0.1, 0.15) is 20.8 Å². The molecule has 1 heteroatoms. The van der Waals surface area contributed by atoms with Crippen LogP contribution in [0.4, 0.5) is 0 Å². The molecule has 0 aromatic heterocycles. The summed E-state index contributed by atoms with van der Waals surface area (Å²) in [5.74, 6) is 0. The van der Waals surface area contributed by atoms with Crippen molar-refractivity contribution in [2.24, 2.45) is 0 Å². The van der Waals surface area contributed by atoms with Crippen LogP contribution in [-0.4, -0.2) is 10.5 Å². The molecule has 46 valence electrons. The summed E-state index contributed by atoms with van der Waals surface area (Å²) in [6, 6.07) is 0. The minimum atomic E-state index is 0.847. The van der Waals surface area contributed by atoms with Crippen molar-refractivity contribution in [1.29, 1.82) is 0 Å². The molecule has 2 atom stereocenters.